The van der Waals surface area contributed by atoms with E-state index in [2.05, 4.69) is 4.98 Å². The summed E-state index contributed by atoms with van der Waals surface area (Å²) in [6, 6.07) is 1.09. The third-order valence-corrected chi connectivity index (χ3v) is 3.52. The number of ether oxygens (including phenoxy) is 1. The fourth-order valence-electron chi connectivity index (χ4n) is 2.24. The number of H-pyrrole nitrogens is 2. The normalized spacial score (nSPS) is 29.4. The summed E-state index contributed by atoms with van der Waals surface area (Å²) in [6.45, 7) is 2.63. The van der Waals surface area contributed by atoms with Crippen molar-refractivity contribution in [3.63, 3.8) is 0 Å². The molecule has 1 aliphatic heterocycles. The number of hydrogen-bond donors (Lipinski definition) is 3. The van der Waals surface area contributed by atoms with Crippen LogP contribution in [0.1, 0.15) is 55.4 Å². The second-order valence-electron chi connectivity index (χ2n) is 4.72. The van der Waals surface area contributed by atoms with Crippen molar-refractivity contribution in [1.82, 2.24) is 9.97 Å². The summed E-state index contributed by atoms with van der Waals surface area (Å²) in [7, 11) is 0. The Morgan fingerprint density at radius 2 is 1.82 bits per heavy atom. The minimum atomic E-state index is -1.77. The van der Waals surface area contributed by atoms with Crippen LogP contribution < -0.4 is 11.2 Å². The molecule has 1 fully saturated rings. The molecule has 132 valence electrons. The molecule has 2 rings (SSSR count). The number of hydrogen-bond acceptors (Lipinski definition) is 4. The van der Waals surface area contributed by atoms with Gasteiger partial charge in [-0.1, -0.05) is 36.6 Å². The van der Waals surface area contributed by atoms with E-state index in [1.165, 1.54) is 6.92 Å². The summed E-state index contributed by atoms with van der Waals surface area (Å²) < 4.78 is 20.0. The van der Waals surface area contributed by atoms with Gasteiger partial charge in [0.05, 0.1) is 18.4 Å². The van der Waals surface area contributed by atoms with E-state index >= 15 is 0 Å². The van der Waals surface area contributed by atoms with Crippen LogP contribution in [0.5, 0.6) is 0 Å². The quantitative estimate of drug-likeness (QED) is 0.779. The van der Waals surface area contributed by atoms with Gasteiger partial charge in [-0.05, 0) is 6.92 Å². The van der Waals surface area contributed by atoms with Gasteiger partial charge >= 0.3 is 5.69 Å². The lowest BCUT2D eigenvalue weighted by Gasteiger charge is -2.24. The van der Waals surface area contributed by atoms with Crippen LogP contribution in [0.2, 0.25) is 0 Å². The predicted molar refractivity (Wildman–Crippen MR) is 88.0 cm³/mol. The number of halogens is 1. The SMILES string of the molecule is C.C.C.C.C[C@@H]1[C@@H](CO)OC(c2cc(=O)[nH]c(=O)[nH]2)[C@]1(C)F. The third-order valence-electron chi connectivity index (χ3n) is 3.52. The van der Waals surface area contributed by atoms with Crippen molar-refractivity contribution in [3.05, 3.63) is 32.6 Å². The Hall–Kier alpha value is -1.47. The number of aromatic nitrogens is 2. The molecule has 7 heteroatoms. The van der Waals surface area contributed by atoms with Gasteiger partial charge in [0.25, 0.3) is 5.56 Å². The maximum absolute atomic E-state index is 14.6. The van der Waals surface area contributed by atoms with Crippen LogP contribution in [0, 0.1) is 5.92 Å². The fraction of sp³-hybridized carbons (Fsp3) is 0.733. The average molecular weight is 322 g/mol. The van der Waals surface area contributed by atoms with Gasteiger partial charge in [-0.25, -0.2) is 9.18 Å². The van der Waals surface area contributed by atoms with Gasteiger partial charge in [0, 0.05) is 12.0 Å². The molecule has 0 radical (unpaired) electrons. The van der Waals surface area contributed by atoms with E-state index < -0.39 is 35.0 Å². The highest BCUT2D eigenvalue weighted by Crippen LogP contribution is 2.46. The second kappa shape index (κ2) is 8.85. The molecule has 1 unspecified atom stereocenters. The van der Waals surface area contributed by atoms with Crippen molar-refractivity contribution in [2.75, 3.05) is 6.61 Å². The largest absolute Gasteiger partial charge is 0.394 e. The zero-order chi connectivity index (χ0) is 13.5. The fourth-order valence-corrected chi connectivity index (χ4v) is 2.24. The second-order valence-corrected chi connectivity index (χ2v) is 4.72. The van der Waals surface area contributed by atoms with Gasteiger partial charge in [-0.15, -0.1) is 0 Å². The van der Waals surface area contributed by atoms with Crippen molar-refractivity contribution in [2.45, 2.75) is 61.4 Å². The predicted octanol–water partition coefficient (Wildman–Crippen LogP) is 2.40. The molecule has 1 saturated heterocycles. The first-order valence-corrected chi connectivity index (χ1v) is 5.65. The van der Waals surface area contributed by atoms with Gasteiger partial charge in [0.1, 0.15) is 11.8 Å². The van der Waals surface area contributed by atoms with Crippen molar-refractivity contribution in [3.8, 4) is 0 Å². The number of nitrogens with one attached hydrogen (secondary N) is 2. The smallest absolute Gasteiger partial charge is 0.325 e. The monoisotopic (exact) mass is 322 g/mol. The molecule has 0 saturated carbocycles. The van der Waals surface area contributed by atoms with E-state index in [-0.39, 0.29) is 42.0 Å². The minimum Gasteiger partial charge on any atom is -0.394 e. The zero-order valence-corrected chi connectivity index (χ0v) is 10.1. The van der Waals surface area contributed by atoms with Gasteiger partial charge < -0.3 is 14.8 Å². The average Bonchev–Trinajstić information content (AvgIpc) is 2.49. The van der Waals surface area contributed by atoms with E-state index in [0.717, 1.165) is 6.07 Å². The Bertz CT molecular complexity index is 525. The molecule has 0 bridgehead atoms. The van der Waals surface area contributed by atoms with Crippen LogP contribution >= 0.6 is 0 Å². The summed E-state index contributed by atoms with van der Waals surface area (Å²) in [5.41, 5.74) is -3.02. The highest BCUT2D eigenvalue weighted by Gasteiger charge is 2.52. The van der Waals surface area contributed by atoms with Gasteiger partial charge in [0.15, 0.2) is 0 Å². The molecule has 6 nitrogen and oxygen atoms in total. The molecule has 0 aromatic carbocycles. The number of aliphatic hydroxyl groups excluding tert-OH is 1. The Labute approximate surface area is 131 Å². The van der Waals surface area contributed by atoms with Crippen molar-refractivity contribution >= 4 is 0 Å². The zero-order valence-electron chi connectivity index (χ0n) is 10.1. The van der Waals surface area contributed by atoms with E-state index in [9.17, 15) is 14.0 Å². The highest BCUT2D eigenvalue weighted by atomic mass is 19.1. The molecule has 22 heavy (non-hydrogen) atoms. The molecule has 1 aromatic rings. The van der Waals surface area contributed by atoms with Crippen molar-refractivity contribution < 1.29 is 14.2 Å². The summed E-state index contributed by atoms with van der Waals surface area (Å²) in [4.78, 5) is 26.7. The van der Waals surface area contributed by atoms with E-state index in [1.807, 2.05) is 4.98 Å². The van der Waals surface area contributed by atoms with Crippen molar-refractivity contribution in [1.29, 1.82) is 0 Å². The Morgan fingerprint density at radius 1 is 1.27 bits per heavy atom. The van der Waals surface area contributed by atoms with E-state index in [1.54, 1.807) is 6.92 Å². The molecule has 3 N–H and O–H groups in total. The lowest BCUT2D eigenvalue weighted by Crippen LogP contribution is -2.34. The standard InChI is InChI=1S/C11H15FN2O4.4CH4/c1-5-7(4-15)18-9(11(5,2)12)6-3-8(16)14-10(17)13-6;;;;/h3,5,7,9,15H,4H2,1-2H3,(H2,13,14,16,17);4*1H4/t5-,7-,9?,11-;;;;/m1..../s1. The maximum atomic E-state index is 14.6. The number of rotatable bonds is 2. The number of aliphatic hydroxyl groups is 1. The van der Waals surface area contributed by atoms with Crippen LogP contribution in [0.25, 0.3) is 0 Å². The summed E-state index contributed by atoms with van der Waals surface area (Å²) in [5.74, 6) is -0.546. The van der Waals surface area contributed by atoms with Crippen LogP contribution in [0.15, 0.2) is 15.7 Å². The first-order valence-electron chi connectivity index (χ1n) is 5.65. The number of alkyl halides is 1. The lowest BCUT2D eigenvalue weighted by atomic mass is 9.86. The summed E-state index contributed by atoms with van der Waals surface area (Å²) >= 11 is 0. The van der Waals surface area contributed by atoms with Gasteiger partial charge in [0.2, 0.25) is 0 Å². The van der Waals surface area contributed by atoms with Gasteiger partial charge in [-0.2, -0.15) is 0 Å². The molecular formula is C15H31FN2O4. The lowest BCUT2D eigenvalue weighted by molar-refractivity contribution is -0.0194. The van der Waals surface area contributed by atoms with Crippen molar-refractivity contribution in [2.24, 2.45) is 5.92 Å². The Balaban J connectivity index is -0.000000902. The number of aromatic amines is 2. The molecule has 1 aliphatic rings. The third kappa shape index (κ3) is 4.27. The molecule has 4 atom stereocenters. The first-order chi connectivity index (χ1) is 8.36. The Kier molecular flexibility index (Phi) is 10.2. The molecule has 0 spiro atoms. The van der Waals surface area contributed by atoms with Gasteiger partial charge in [-0.3, -0.25) is 9.78 Å². The van der Waals surface area contributed by atoms with Crippen LogP contribution in [0.3, 0.4) is 0 Å². The topological polar surface area (TPSA) is 95.2 Å². The van der Waals surface area contributed by atoms with Crippen LogP contribution in [-0.4, -0.2) is 33.5 Å². The molecular weight excluding hydrogens is 291 g/mol. The summed E-state index contributed by atoms with van der Waals surface area (Å²) in [6.07, 6.45) is -1.73. The van der Waals surface area contributed by atoms with E-state index in [0.29, 0.717) is 0 Å². The van der Waals surface area contributed by atoms with E-state index in [4.69, 9.17) is 9.84 Å². The first kappa shape index (κ1) is 25.5. The molecule has 0 amide bonds. The molecule has 0 aliphatic carbocycles. The Morgan fingerprint density at radius 3 is 2.23 bits per heavy atom. The highest BCUT2D eigenvalue weighted by molar-refractivity contribution is 5.13. The van der Waals surface area contributed by atoms with Crippen LogP contribution in [0.4, 0.5) is 4.39 Å². The summed E-state index contributed by atoms with van der Waals surface area (Å²) in [5, 5.41) is 9.11. The maximum Gasteiger partial charge on any atom is 0.325 e. The minimum absolute atomic E-state index is 0. The molecule has 1 aromatic heterocycles. The van der Waals surface area contributed by atoms with Crippen LogP contribution in [-0.2, 0) is 4.74 Å². The molecule has 2 heterocycles.